The maximum Gasteiger partial charge on any atom is 0.269 e. The van der Waals surface area contributed by atoms with Gasteiger partial charge < -0.3 is 5.32 Å². The van der Waals surface area contributed by atoms with Gasteiger partial charge in [0.1, 0.15) is 0 Å². The fraction of sp³-hybridized carbons (Fsp3) is 0.600. The number of nitro benzene ring substituents is 1. The summed E-state index contributed by atoms with van der Waals surface area (Å²) < 4.78 is 0. The molecule has 2 fully saturated rings. The number of nitrogens with zero attached hydrogens (tertiary/aromatic N) is 3. The Morgan fingerprint density at radius 2 is 2.09 bits per heavy atom. The molecule has 120 valence electrons. The maximum atomic E-state index is 10.9. The van der Waals surface area contributed by atoms with E-state index in [4.69, 9.17) is 11.6 Å². The van der Waals surface area contributed by atoms with Crippen LogP contribution in [0.25, 0.3) is 0 Å². The number of hydrogen-bond acceptors (Lipinski definition) is 5. The van der Waals surface area contributed by atoms with Crippen LogP contribution in [0.1, 0.15) is 12.0 Å². The van der Waals surface area contributed by atoms with Gasteiger partial charge in [0.05, 0.1) is 4.92 Å². The zero-order valence-electron chi connectivity index (χ0n) is 12.5. The molecule has 1 unspecified atom stereocenters. The number of piperazine rings is 1. The molecule has 0 spiro atoms. The van der Waals surface area contributed by atoms with Crippen molar-refractivity contribution in [3.63, 3.8) is 0 Å². The molecule has 1 N–H and O–H groups in total. The van der Waals surface area contributed by atoms with Gasteiger partial charge in [0.15, 0.2) is 0 Å². The summed E-state index contributed by atoms with van der Waals surface area (Å²) in [6.45, 7) is 7.06. The third kappa shape index (κ3) is 3.57. The van der Waals surface area contributed by atoms with E-state index in [0.717, 1.165) is 51.3 Å². The minimum atomic E-state index is -0.368. The molecule has 0 aliphatic carbocycles. The van der Waals surface area contributed by atoms with Crippen LogP contribution in [0, 0.1) is 10.1 Å². The average Bonchev–Trinajstić information content (AvgIpc) is 2.99. The Hall–Kier alpha value is -1.21. The van der Waals surface area contributed by atoms with Gasteiger partial charge >= 0.3 is 0 Å². The van der Waals surface area contributed by atoms with Crippen molar-refractivity contribution in [1.82, 2.24) is 15.1 Å². The molecule has 0 saturated carbocycles. The third-order valence-electron chi connectivity index (χ3n) is 4.55. The fourth-order valence-electron chi connectivity index (χ4n) is 3.34. The highest BCUT2D eigenvalue weighted by Gasteiger charge is 2.28. The largest absolute Gasteiger partial charge is 0.314 e. The van der Waals surface area contributed by atoms with Crippen LogP contribution in [0.2, 0.25) is 5.02 Å². The lowest BCUT2D eigenvalue weighted by atomic mass is 10.2. The number of benzene rings is 1. The Labute approximate surface area is 135 Å². The maximum absolute atomic E-state index is 10.9. The van der Waals surface area contributed by atoms with Gasteiger partial charge in [-0.3, -0.25) is 19.9 Å². The Kier molecular flexibility index (Phi) is 4.93. The lowest BCUT2D eigenvalue weighted by Crippen LogP contribution is -2.49. The topological polar surface area (TPSA) is 61.7 Å². The third-order valence-corrected chi connectivity index (χ3v) is 4.92. The smallest absolute Gasteiger partial charge is 0.269 e. The lowest BCUT2D eigenvalue weighted by molar-refractivity contribution is -0.384. The molecule has 22 heavy (non-hydrogen) atoms. The summed E-state index contributed by atoms with van der Waals surface area (Å²) in [6, 6.07) is 5.28. The Morgan fingerprint density at radius 1 is 1.32 bits per heavy atom. The number of likely N-dealkylation sites (tertiary alicyclic amines) is 1. The number of non-ortho nitro benzene ring substituents is 1. The van der Waals surface area contributed by atoms with Crippen LogP contribution in [0.4, 0.5) is 5.69 Å². The molecule has 2 saturated heterocycles. The van der Waals surface area contributed by atoms with Gasteiger partial charge in [-0.2, -0.15) is 0 Å². The van der Waals surface area contributed by atoms with E-state index < -0.39 is 0 Å². The van der Waals surface area contributed by atoms with E-state index in [1.54, 1.807) is 12.1 Å². The summed E-state index contributed by atoms with van der Waals surface area (Å²) >= 11 is 6.20. The second-order valence-corrected chi connectivity index (χ2v) is 6.40. The molecular formula is C15H21ClN4O2. The number of halogens is 1. The molecule has 0 radical (unpaired) electrons. The Bertz CT molecular complexity index is 548. The fourth-order valence-corrected chi connectivity index (χ4v) is 3.52. The second kappa shape index (κ2) is 6.91. The highest BCUT2D eigenvalue weighted by atomic mass is 35.5. The van der Waals surface area contributed by atoms with E-state index in [1.807, 2.05) is 0 Å². The van der Waals surface area contributed by atoms with Gasteiger partial charge in [0.2, 0.25) is 0 Å². The quantitative estimate of drug-likeness (QED) is 0.675. The standard InChI is InChI=1S/C15H21ClN4O2/c16-15-2-1-13(20(21)22)9-12(15)10-18-6-3-14(11-18)19-7-4-17-5-8-19/h1-2,9,14,17H,3-8,10-11H2. The van der Waals surface area contributed by atoms with Gasteiger partial charge in [-0.1, -0.05) is 11.6 Å². The molecule has 1 aromatic carbocycles. The van der Waals surface area contributed by atoms with E-state index in [2.05, 4.69) is 15.1 Å². The predicted octanol–water partition coefficient (Wildman–Crippen LogP) is 1.73. The number of nitrogens with one attached hydrogen (secondary N) is 1. The van der Waals surface area contributed by atoms with E-state index in [1.165, 1.54) is 6.07 Å². The molecule has 0 aromatic heterocycles. The second-order valence-electron chi connectivity index (χ2n) is 6.00. The van der Waals surface area contributed by atoms with Crippen LogP contribution in [0.15, 0.2) is 18.2 Å². The summed E-state index contributed by atoms with van der Waals surface area (Å²) in [4.78, 5) is 15.4. The first-order chi connectivity index (χ1) is 10.6. The minimum Gasteiger partial charge on any atom is -0.314 e. The van der Waals surface area contributed by atoms with Crippen LogP contribution in [-0.4, -0.2) is 60.0 Å². The van der Waals surface area contributed by atoms with Crippen molar-refractivity contribution >= 4 is 17.3 Å². The van der Waals surface area contributed by atoms with E-state index >= 15 is 0 Å². The molecule has 2 aliphatic heterocycles. The Balaban J connectivity index is 1.62. The zero-order chi connectivity index (χ0) is 15.5. The molecule has 7 heteroatoms. The van der Waals surface area contributed by atoms with Gasteiger partial charge in [-0.15, -0.1) is 0 Å². The van der Waals surface area contributed by atoms with E-state index in [9.17, 15) is 10.1 Å². The first-order valence-corrected chi connectivity index (χ1v) is 8.11. The van der Waals surface area contributed by atoms with Crippen molar-refractivity contribution in [3.8, 4) is 0 Å². The van der Waals surface area contributed by atoms with Crippen molar-refractivity contribution in [2.45, 2.75) is 19.0 Å². The normalized spacial score (nSPS) is 23.8. The minimum absolute atomic E-state index is 0.109. The lowest BCUT2D eigenvalue weighted by Gasteiger charge is -2.32. The molecule has 2 aliphatic rings. The summed E-state index contributed by atoms with van der Waals surface area (Å²) in [5, 5.41) is 14.9. The van der Waals surface area contributed by atoms with Crippen LogP contribution in [-0.2, 0) is 6.54 Å². The highest BCUT2D eigenvalue weighted by molar-refractivity contribution is 6.31. The van der Waals surface area contributed by atoms with Crippen LogP contribution < -0.4 is 5.32 Å². The Morgan fingerprint density at radius 3 is 2.82 bits per heavy atom. The molecular weight excluding hydrogens is 304 g/mol. The van der Waals surface area contributed by atoms with E-state index in [0.29, 0.717) is 17.6 Å². The summed E-state index contributed by atoms with van der Waals surface area (Å²) in [7, 11) is 0. The molecule has 3 rings (SSSR count). The number of nitro groups is 1. The van der Waals surface area contributed by atoms with Crippen molar-refractivity contribution in [2.75, 3.05) is 39.3 Å². The summed E-state index contributed by atoms with van der Waals surface area (Å²) in [5.74, 6) is 0. The van der Waals surface area contributed by atoms with Crippen LogP contribution in [0.3, 0.4) is 0 Å². The number of rotatable bonds is 4. The molecule has 0 amide bonds. The van der Waals surface area contributed by atoms with Gasteiger partial charge in [0, 0.05) is 69.0 Å². The van der Waals surface area contributed by atoms with Crippen molar-refractivity contribution < 1.29 is 4.92 Å². The first kappa shape index (κ1) is 15.7. The molecule has 1 atom stereocenters. The van der Waals surface area contributed by atoms with Crippen molar-refractivity contribution in [3.05, 3.63) is 38.9 Å². The molecule has 0 bridgehead atoms. The van der Waals surface area contributed by atoms with Gasteiger partial charge in [-0.05, 0) is 18.1 Å². The first-order valence-electron chi connectivity index (χ1n) is 7.73. The SMILES string of the molecule is O=[N+]([O-])c1ccc(Cl)c(CN2CCC(N3CCNCC3)C2)c1. The zero-order valence-corrected chi connectivity index (χ0v) is 13.3. The summed E-state index contributed by atoms with van der Waals surface area (Å²) in [6.07, 6.45) is 1.16. The predicted molar refractivity (Wildman–Crippen MR) is 86.2 cm³/mol. The van der Waals surface area contributed by atoms with Gasteiger partial charge in [-0.25, -0.2) is 0 Å². The monoisotopic (exact) mass is 324 g/mol. The van der Waals surface area contributed by atoms with Crippen molar-refractivity contribution in [2.24, 2.45) is 0 Å². The summed E-state index contributed by atoms with van der Waals surface area (Å²) in [5.41, 5.74) is 0.953. The van der Waals surface area contributed by atoms with E-state index in [-0.39, 0.29) is 10.6 Å². The average molecular weight is 325 g/mol. The van der Waals surface area contributed by atoms with Crippen LogP contribution in [0.5, 0.6) is 0 Å². The highest BCUT2D eigenvalue weighted by Crippen LogP contribution is 2.25. The molecule has 2 heterocycles. The molecule has 6 nitrogen and oxygen atoms in total. The van der Waals surface area contributed by atoms with Crippen molar-refractivity contribution in [1.29, 1.82) is 0 Å². The van der Waals surface area contributed by atoms with Gasteiger partial charge in [0.25, 0.3) is 5.69 Å². The number of hydrogen-bond donors (Lipinski definition) is 1. The van der Waals surface area contributed by atoms with Crippen LogP contribution >= 0.6 is 11.6 Å². The molecule has 1 aromatic rings.